The molecule has 0 fully saturated rings. The largest absolute Gasteiger partial charge is 0.497 e. The summed E-state index contributed by atoms with van der Waals surface area (Å²) in [6.45, 7) is 0.402. The number of carbonyl (C=O) groups excluding carboxylic acids is 2. The number of hydrogen-bond donors (Lipinski definition) is 1. The van der Waals surface area contributed by atoms with E-state index >= 15 is 0 Å². The lowest BCUT2D eigenvalue weighted by atomic mass is 10.1. The molecule has 6 heteroatoms. The lowest BCUT2D eigenvalue weighted by Crippen LogP contribution is -2.44. The molecule has 162 valence electrons. The van der Waals surface area contributed by atoms with E-state index in [1.54, 1.807) is 25.3 Å². The zero-order valence-corrected chi connectivity index (χ0v) is 17.8. The Morgan fingerprint density at radius 2 is 1.81 bits per heavy atom. The maximum absolute atomic E-state index is 13.2. The highest BCUT2D eigenvalue weighted by atomic mass is 16.5. The van der Waals surface area contributed by atoms with Crippen LogP contribution in [0.15, 0.2) is 84.6 Å². The smallest absolute Gasteiger partial charge is 0.294 e. The minimum atomic E-state index is -0.371. The summed E-state index contributed by atoms with van der Waals surface area (Å²) in [7, 11) is 1.59. The van der Waals surface area contributed by atoms with Gasteiger partial charge in [0.15, 0.2) is 11.5 Å². The van der Waals surface area contributed by atoms with E-state index in [1.165, 1.54) is 4.90 Å². The zero-order chi connectivity index (χ0) is 22.3. The second-order valence-corrected chi connectivity index (χ2v) is 7.33. The topological polar surface area (TPSA) is 67.9 Å². The molecule has 1 N–H and O–H groups in total. The van der Waals surface area contributed by atoms with E-state index in [2.05, 4.69) is 5.32 Å². The summed E-state index contributed by atoms with van der Waals surface area (Å²) >= 11 is 0. The fraction of sp³-hybridized carbons (Fsp3) is 0.154. The number of nitrogens with one attached hydrogen (secondary N) is 1. The van der Waals surface area contributed by atoms with E-state index < -0.39 is 0 Å². The van der Waals surface area contributed by atoms with Gasteiger partial charge in [-0.1, -0.05) is 54.6 Å². The van der Waals surface area contributed by atoms with Gasteiger partial charge in [0.2, 0.25) is 5.91 Å². The lowest BCUT2D eigenvalue weighted by Gasteiger charge is -2.30. The van der Waals surface area contributed by atoms with Crippen LogP contribution in [0.1, 0.15) is 11.1 Å². The molecule has 6 nitrogen and oxygen atoms in total. The number of rotatable bonds is 7. The first-order chi connectivity index (χ1) is 15.6. The summed E-state index contributed by atoms with van der Waals surface area (Å²) in [6, 6.07) is 24.5. The van der Waals surface area contributed by atoms with Crippen molar-refractivity contribution in [3.05, 3.63) is 95.7 Å². The Kier molecular flexibility index (Phi) is 6.51. The molecular weight excluding hydrogens is 404 g/mol. The number of anilines is 1. The van der Waals surface area contributed by atoms with Crippen LogP contribution in [0, 0.1) is 0 Å². The highest BCUT2D eigenvalue weighted by Crippen LogP contribution is 2.35. The number of nitrogens with zero attached hydrogens (tertiary/aromatic N) is 1. The maximum atomic E-state index is 13.2. The molecule has 0 aromatic heterocycles. The Balaban J connectivity index is 1.50. The van der Waals surface area contributed by atoms with Crippen LogP contribution in [0.3, 0.4) is 0 Å². The first kappa shape index (κ1) is 21.2. The van der Waals surface area contributed by atoms with Crippen LogP contribution in [-0.2, 0) is 16.0 Å². The van der Waals surface area contributed by atoms with Gasteiger partial charge < -0.3 is 14.8 Å². The molecule has 2 amide bonds. The molecule has 0 unspecified atom stereocenters. The van der Waals surface area contributed by atoms with Crippen molar-refractivity contribution in [2.24, 2.45) is 0 Å². The molecule has 0 spiro atoms. The van der Waals surface area contributed by atoms with E-state index in [-0.39, 0.29) is 24.1 Å². The van der Waals surface area contributed by atoms with Crippen molar-refractivity contribution in [2.75, 3.05) is 25.1 Å². The minimum absolute atomic E-state index is 0.0938. The fourth-order valence-electron chi connectivity index (χ4n) is 3.49. The summed E-state index contributed by atoms with van der Waals surface area (Å²) in [5.41, 5.74) is 2.47. The number of amides is 2. The summed E-state index contributed by atoms with van der Waals surface area (Å²) in [4.78, 5) is 27.3. The van der Waals surface area contributed by atoms with Crippen molar-refractivity contribution in [2.45, 2.75) is 6.42 Å². The van der Waals surface area contributed by atoms with Crippen LogP contribution in [0.4, 0.5) is 5.69 Å². The van der Waals surface area contributed by atoms with Crippen LogP contribution in [-0.4, -0.2) is 32.0 Å². The SMILES string of the molecule is COc1cccc(C=C2Oc3ccccc3N(CC(=O)NCCc3ccccc3)C2=O)c1. The van der Waals surface area contributed by atoms with E-state index in [0.29, 0.717) is 23.7 Å². The van der Waals surface area contributed by atoms with Crippen molar-refractivity contribution < 1.29 is 19.1 Å². The second-order valence-electron chi connectivity index (χ2n) is 7.33. The Bertz CT molecular complexity index is 1140. The normalized spacial score (nSPS) is 14.0. The molecule has 0 bridgehead atoms. The molecule has 0 saturated carbocycles. The number of benzene rings is 3. The monoisotopic (exact) mass is 428 g/mol. The summed E-state index contributed by atoms with van der Waals surface area (Å²) in [6.07, 6.45) is 2.38. The third-order valence-corrected chi connectivity index (χ3v) is 5.10. The number of fused-ring (bicyclic) bond motifs is 1. The third-order valence-electron chi connectivity index (χ3n) is 5.10. The molecule has 4 rings (SSSR count). The van der Waals surface area contributed by atoms with E-state index in [0.717, 1.165) is 17.5 Å². The van der Waals surface area contributed by atoms with Gasteiger partial charge in [-0.3, -0.25) is 14.5 Å². The minimum Gasteiger partial charge on any atom is -0.497 e. The third kappa shape index (κ3) is 4.98. The molecule has 1 heterocycles. The molecule has 3 aromatic rings. The summed E-state index contributed by atoms with van der Waals surface area (Å²) in [5, 5.41) is 2.90. The standard InChI is InChI=1S/C26H24N2O4/c1-31-21-11-7-10-20(16-21)17-24-26(30)28(22-12-5-6-13-23(22)32-24)18-25(29)27-15-14-19-8-3-2-4-9-19/h2-13,16-17H,14-15,18H2,1H3,(H,27,29). The highest BCUT2D eigenvalue weighted by Gasteiger charge is 2.31. The van der Waals surface area contributed by atoms with Crippen molar-refractivity contribution in [3.8, 4) is 11.5 Å². The van der Waals surface area contributed by atoms with Crippen molar-refractivity contribution >= 4 is 23.6 Å². The van der Waals surface area contributed by atoms with E-state index in [4.69, 9.17) is 9.47 Å². The van der Waals surface area contributed by atoms with Gasteiger partial charge in [0.05, 0.1) is 12.8 Å². The van der Waals surface area contributed by atoms with Gasteiger partial charge in [0, 0.05) is 6.54 Å². The molecule has 0 aliphatic carbocycles. The first-order valence-corrected chi connectivity index (χ1v) is 10.4. The first-order valence-electron chi connectivity index (χ1n) is 10.4. The number of carbonyl (C=O) groups is 2. The lowest BCUT2D eigenvalue weighted by molar-refractivity contribution is -0.123. The Morgan fingerprint density at radius 3 is 2.62 bits per heavy atom. The number of hydrogen-bond acceptors (Lipinski definition) is 4. The quantitative estimate of drug-likeness (QED) is 0.581. The molecule has 0 radical (unpaired) electrons. The molecule has 3 aromatic carbocycles. The number of methoxy groups -OCH3 is 1. The Labute approximate surface area is 187 Å². The maximum Gasteiger partial charge on any atom is 0.294 e. The highest BCUT2D eigenvalue weighted by molar-refractivity contribution is 6.12. The summed E-state index contributed by atoms with van der Waals surface area (Å²) in [5.74, 6) is 0.751. The second kappa shape index (κ2) is 9.83. The molecular formula is C26H24N2O4. The van der Waals surface area contributed by atoms with Crippen molar-refractivity contribution in [1.82, 2.24) is 5.32 Å². The average Bonchev–Trinajstić information content (AvgIpc) is 2.82. The van der Waals surface area contributed by atoms with Crippen molar-refractivity contribution in [3.63, 3.8) is 0 Å². The van der Waals surface area contributed by atoms with E-state index in [9.17, 15) is 9.59 Å². The predicted molar refractivity (Wildman–Crippen MR) is 124 cm³/mol. The van der Waals surface area contributed by atoms with Gasteiger partial charge in [-0.05, 0) is 47.9 Å². The Hall–Kier alpha value is -4.06. The number of para-hydroxylation sites is 2. The number of ether oxygens (including phenoxy) is 2. The van der Waals surface area contributed by atoms with Gasteiger partial charge >= 0.3 is 0 Å². The van der Waals surface area contributed by atoms with Crippen molar-refractivity contribution in [1.29, 1.82) is 0 Å². The van der Waals surface area contributed by atoms with Crippen LogP contribution in [0.5, 0.6) is 11.5 Å². The van der Waals surface area contributed by atoms with Crippen LogP contribution in [0.2, 0.25) is 0 Å². The van der Waals surface area contributed by atoms with Gasteiger partial charge in [-0.2, -0.15) is 0 Å². The Morgan fingerprint density at radius 1 is 1.03 bits per heavy atom. The molecule has 0 saturated heterocycles. The zero-order valence-electron chi connectivity index (χ0n) is 17.8. The van der Waals surface area contributed by atoms with Crippen LogP contribution in [0.25, 0.3) is 6.08 Å². The van der Waals surface area contributed by atoms with Gasteiger partial charge in [0.25, 0.3) is 5.91 Å². The van der Waals surface area contributed by atoms with Crippen LogP contribution < -0.4 is 19.7 Å². The van der Waals surface area contributed by atoms with Gasteiger partial charge in [0.1, 0.15) is 12.3 Å². The summed E-state index contributed by atoms with van der Waals surface area (Å²) < 4.78 is 11.1. The van der Waals surface area contributed by atoms with Gasteiger partial charge in [-0.25, -0.2) is 0 Å². The molecule has 32 heavy (non-hydrogen) atoms. The van der Waals surface area contributed by atoms with Crippen LogP contribution >= 0.6 is 0 Å². The molecule has 0 atom stereocenters. The fourth-order valence-corrected chi connectivity index (χ4v) is 3.49. The van der Waals surface area contributed by atoms with Gasteiger partial charge in [-0.15, -0.1) is 0 Å². The molecule has 1 aliphatic rings. The predicted octanol–water partition coefficient (Wildman–Crippen LogP) is 3.82. The molecule has 1 aliphatic heterocycles. The van der Waals surface area contributed by atoms with E-state index in [1.807, 2.05) is 66.7 Å². The average molecular weight is 428 g/mol.